The van der Waals surface area contributed by atoms with Crippen molar-refractivity contribution in [2.24, 2.45) is 5.84 Å². The summed E-state index contributed by atoms with van der Waals surface area (Å²) in [5.74, 6) is 3.80. The van der Waals surface area contributed by atoms with E-state index in [1.54, 1.807) is 0 Å². The quantitative estimate of drug-likeness (QED) is 0.287. The molecular formula is C2H2F6N2O. The van der Waals surface area contributed by atoms with Crippen LogP contribution < -0.4 is 5.84 Å². The number of nitrogens with zero attached hydrogens (tertiary/aromatic N) is 1. The van der Waals surface area contributed by atoms with Crippen molar-refractivity contribution in [2.45, 2.75) is 12.7 Å². The molecular weight excluding hydrogens is 182 g/mol. The minimum absolute atomic E-state index is 1.73. The zero-order valence-electron chi connectivity index (χ0n) is 4.70. The van der Waals surface area contributed by atoms with Gasteiger partial charge in [0.1, 0.15) is 0 Å². The number of hydrogen-bond acceptors (Lipinski definition) is 3. The van der Waals surface area contributed by atoms with Crippen molar-refractivity contribution in [3.63, 3.8) is 0 Å². The van der Waals surface area contributed by atoms with E-state index in [1.165, 1.54) is 0 Å². The van der Waals surface area contributed by atoms with Crippen LogP contribution in [-0.2, 0) is 4.84 Å². The minimum atomic E-state index is -5.44. The first-order valence-corrected chi connectivity index (χ1v) is 2.00. The minimum Gasteiger partial charge on any atom is -0.237 e. The lowest BCUT2D eigenvalue weighted by Gasteiger charge is -2.18. The normalized spacial score (nSPS) is 14.2. The predicted octanol–water partition coefficient (Wildman–Crippen LogP) is 1.13. The van der Waals surface area contributed by atoms with E-state index in [0.29, 0.717) is 0 Å². The third-order valence-corrected chi connectivity index (χ3v) is 0.452. The van der Waals surface area contributed by atoms with Gasteiger partial charge in [0.05, 0.1) is 0 Å². The number of alkyl halides is 6. The van der Waals surface area contributed by atoms with Gasteiger partial charge in [-0.2, -0.15) is 18.0 Å². The molecule has 0 unspecified atom stereocenters. The summed E-state index contributed by atoms with van der Waals surface area (Å²) in [7, 11) is 0. The highest BCUT2D eigenvalue weighted by Crippen LogP contribution is 2.24. The number of halogens is 6. The molecule has 9 heteroatoms. The van der Waals surface area contributed by atoms with Gasteiger partial charge < -0.3 is 0 Å². The summed E-state index contributed by atoms with van der Waals surface area (Å²) in [6.07, 6.45) is -10.8. The standard InChI is InChI=1S/C2H2F6N2O/c3-1(4,5)10(9)11-2(6,7)8/h9H2. The molecule has 2 N–H and O–H groups in total. The van der Waals surface area contributed by atoms with Crippen LogP contribution in [0.2, 0.25) is 0 Å². The second kappa shape index (κ2) is 2.83. The van der Waals surface area contributed by atoms with Crippen LogP contribution in [-0.4, -0.2) is 17.8 Å². The summed E-state index contributed by atoms with van der Waals surface area (Å²) in [4.78, 5) is 2.29. The van der Waals surface area contributed by atoms with Crippen LogP contribution in [0.5, 0.6) is 0 Å². The molecule has 0 radical (unpaired) electrons. The first-order chi connectivity index (χ1) is 4.63. The molecule has 0 aliphatic heterocycles. The van der Waals surface area contributed by atoms with Crippen molar-refractivity contribution in [2.75, 3.05) is 0 Å². The molecule has 11 heavy (non-hydrogen) atoms. The van der Waals surface area contributed by atoms with Crippen LogP contribution in [0.1, 0.15) is 0 Å². The van der Waals surface area contributed by atoms with E-state index in [4.69, 9.17) is 0 Å². The van der Waals surface area contributed by atoms with E-state index in [9.17, 15) is 26.3 Å². The number of nitrogens with two attached hydrogens (primary N) is 1. The Morgan fingerprint density at radius 1 is 1.00 bits per heavy atom. The van der Waals surface area contributed by atoms with Crippen molar-refractivity contribution in [3.05, 3.63) is 0 Å². The van der Waals surface area contributed by atoms with Gasteiger partial charge in [-0.1, -0.05) is 0 Å². The Morgan fingerprint density at radius 3 is 1.45 bits per heavy atom. The van der Waals surface area contributed by atoms with Crippen LogP contribution in [0.15, 0.2) is 0 Å². The molecule has 0 aliphatic carbocycles. The number of hydroxylamine groups is 1. The lowest BCUT2D eigenvalue weighted by atomic mass is 11.2. The fourth-order valence-electron chi connectivity index (χ4n) is 0.163. The average molecular weight is 184 g/mol. The van der Waals surface area contributed by atoms with Crippen LogP contribution >= 0.6 is 0 Å². The van der Waals surface area contributed by atoms with Crippen molar-refractivity contribution in [3.8, 4) is 0 Å². The Kier molecular flexibility index (Phi) is 2.69. The molecule has 0 atom stereocenters. The molecule has 0 spiro atoms. The summed E-state index contributed by atoms with van der Waals surface area (Å²) in [5.41, 5.74) is 0. The molecule has 0 aromatic heterocycles. The Hall–Kier alpha value is -0.540. The molecule has 0 aromatic rings. The van der Waals surface area contributed by atoms with Crippen LogP contribution in [0, 0.1) is 0 Å². The number of hydrazine groups is 1. The van der Waals surface area contributed by atoms with E-state index in [2.05, 4.69) is 10.7 Å². The molecule has 0 heterocycles. The summed E-state index contributed by atoms with van der Waals surface area (Å²) >= 11 is 0. The molecule has 0 saturated heterocycles. The Labute approximate surface area is 56.2 Å². The van der Waals surface area contributed by atoms with Gasteiger partial charge >= 0.3 is 12.7 Å². The highest BCUT2D eigenvalue weighted by Gasteiger charge is 2.44. The fraction of sp³-hybridized carbons (Fsp3) is 1.00. The maximum Gasteiger partial charge on any atom is 0.540 e. The topological polar surface area (TPSA) is 38.5 Å². The second-order valence-corrected chi connectivity index (χ2v) is 1.33. The van der Waals surface area contributed by atoms with Gasteiger partial charge in [-0.3, -0.25) is 0 Å². The molecule has 0 bridgehead atoms. The zero-order valence-corrected chi connectivity index (χ0v) is 4.70. The fourth-order valence-corrected chi connectivity index (χ4v) is 0.163. The van der Waals surface area contributed by atoms with Crippen molar-refractivity contribution >= 4 is 0 Å². The second-order valence-electron chi connectivity index (χ2n) is 1.33. The van der Waals surface area contributed by atoms with Gasteiger partial charge in [0, 0.05) is 0 Å². The summed E-state index contributed by atoms with van der Waals surface area (Å²) in [6, 6.07) is 0. The molecule has 0 fully saturated rings. The third kappa shape index (κ3) is 4.81. The maximum absolute atomic E-state index is 11.2. The van der Waals surface area contributed by atoms with Crippen LogP contribution in [0.3, 0.4) is 0 Å². The maximum atomic E-state index is 11.2. The predicted molar refractivity (Wildman–Crippen MR) is 19.2 cm³/mol. The molecule has 0 aliphatic rings. The lowest BCUT2D eigenvalue weighted by Crippen LogP contribution is -2.46. The van der Waals surface area contributed by atoms with Crippen molar-refractivity contribution < 1.29 is 31.2 Å². The largest absolute Gasteiger partial charge is 0.540 e. The summed E-state index contributed by atoms with van der Waals surface area (Å²) in [6.45, 7) is 0. The van der Waals surface area contributed by atoms with E-state index in [0.717, 1.165) is 0 Å². The van der Waals surface area contributed by atoms with E-state index < -0.39 is 17.8 Å². The van der Waals surface area contributed by atoms with Crippen molar-refractivity contribution in [1.82, 2.24) is 5.17 Å². The molecule has 0 amide bonds. The number of hydrogen-bond donors (Lipinski definition) is 1. The molecule has 0 aromatic carbocycles. The highest BCUT2D eigenvalue weighted by molar-refractivity contribution is 4.35. The van der Waals surface area contributed by atoms with Gasteiger partial charge in [0.25, 0.3) is 0 Å². The highest BCUT2D eigenvalue weighted by atomic mass is 19.4. The Morgan fingerprint density at radius 2 is 1.36 bits per heavy atom. The van der Waals surface area contributed by atoms with E-state index >= 15 is 0 Å². The summed E-state index contributed by atoms with van der Waals surface area (Å²) in [5, 5.41) is -1.73. The molecule has 0 rings (SSSR count). The van der Waals surface area contributed by atoms with E-state index in [1.807, 2.05) is 0 Å². The van der Waals surface area contributed by atoms with Gasteiger partial charge in [-0.15, -0.1) is 13.2 Å². The first kappa shape index (κ1) is 10.5. The molecule has 0 saturated carbocycles. The molecule has 68 valence electrons. The molecule has 3 nitrogen and oxygen atoms in total. The van der Waals surface area contributed by atoms with Crippen LogP contribution in [0.25, 0.3) is 0 Å². The average Bonchev–Trinajstić information content (AvgIpc) is 1.56. The van der Waals surface area contributed by atoms with Crippen LogP contribution in [0.4, 0.5) is 26.3 Å². The monoisotopic (exact) mass is 184 g/mol. The number of rotatable bonds is 1. The lowest BCUT2D eigenvalue weighted by molar-refractivity contribution is -0.486. The third-order valence-electron chi connectivity index (χ3n) is 0.452. The van der Waals surface area contributed by atoms with Gasteiger partial charge in [-0.25, -0.2) is 5.84 Å². The van der Waals surface area contributed by atoms with Gasteiger partial charge in [0.15, 0.2) is 0 Å². The Bertz CT molecular complexity index is 128. The first-order valence-electron chi connectivity index (χ1n) is 2.00. The van der Waals surface area contributed by atoms with Crippen molar-refractivity contribution in [1.29, 1.82) is 0 Å². The van der Waals surface area contributed by atoms with Gasteiger partial charge in [0.2, 0.25) is 0 Å². The van der Waals surface area contributed by atoms with E-state index in [-0.39, 0.29) is 0 Å². The summed E-state index contributed by atoms with van der Waals surface area (Å²) < 4.78 is 66.4. The Balaban J connectivity index is 3.99. The smallest absolute Gasteiger partial charge is 0.237 e. The van der Waals surface area contributed by atoms with Gasteiger partial charge in [-0.05, 0) is 5.17 Å². The zero-order chi connectivity index (χ0) is 9.28. The SMILES string of the molecule is NN(OC(F)(F)F)C(F)(F)F.